The van der Waals surface area contributed by atoms with Crippen LogP contribution in [-0.4, -0.2) is 44.0 Å². The van der Waals surface area contributed by atoms with Crippen LogP contribution in [-0.2, 0) is 42.0 Å². The Labute approximate surface area is 297 Å². The molecule has 8 bridgehead atoms. The fourth-order valence-electron chi connectivity index (χ4n) is 6.64. The second kappa shape index (κ2) is 13.8. The second-order valence-corrected chi connectivity index (χ2v) is 15.4. The van der Waals surface area contributed by atoms with Crippen LogP contribution in [0.5, 0.6) is 5.75 Å². The third-order valence-corrected chi connectivity index (χ3v) is 12.6. The number of rotatable bonds is 2. The number of fused-ring (bicyclic) bond motifs is 8. The van der Waals surface area contributed by atoms with Gasteiger partial charge in [-0.3, -0.25) is 9.67 Å². The Hall–Kier alpha value is -3.51. The van der Waals surface area contributed by atoms with Crippen LogP contribution in [0.4, 0.5) is 0 Å². The molecule has 4 aromatic heterocycles. The van der Waals surface area contributed by atoms with Gasteiger partial charge in [0, 0.05) is 68.7 Å². The molecule has 0 saturated carbocycles. The zero-order chi connectivity index (χ0) is 33.5. The molecule has 7 rings (SSSR count). The van der Waals surface area contributed by atoms with E-state index < -0.39 is 0 Å². The van der Waals surface area contributed by atoms with E-state index in [1.165, 1.54) is 12.0 Å². The Morgan fingerprint density at radius 2 is 1.96 bits per heavy atom. The molecule has 0 spiro atoms. The quantitative estimate of drug-likeness (QED) is 0.164. The second-order valence-electron chi connectivity index (χ2n) is 11.8. The highest BCUT2D eigenvalue weighted by Gasteiger charge is 2.28. The molecule has 5 heterocycles. The molecule has 0 N–H and O–H groups in total. The van der Waals surface area contributed by atoms with Crippen molar-refractivity contribution in [3.8, 4) is 16.9 Å². The van der Waals surface area contributed by atoms with Crippen molar-refractivity contribution in [2.75, 3.05) is 13.7 Å². The first-order valence-electron chi connectivity index (χ1n) is 15.9. The van der Waals surface area contributed by atoms with Crippen molar-refractivity contribution in [2.45, 2.75) is 62.3 Å². The maximum atomic E-state index is 13.4. The number of nitrogens with zero attached hydrogens (tertiary/aromatic N) is 5. The summed E-state index contributed by atoms with van der Waals surface area (Å²) in [5.74, 6) is 2.75. The zero-order valence-electron chi connectivity index (χ0n) is 27.6. The van der Waals surface area contributed by atoms with Gasteiger partial charge in [-0.15, -0.1) is 34.9 Å². The largest absolute Gasteiger partial charge is 0.491 e. The number of aryl methyl sites for hydroxylation is 5. The topological polar surface area (TPSA) is 84.1 Å². The maximum Gasteiger partial charge on any atom is 0.354 e. The van der Waals surface area contributed by atoms with Gasteiger partial charge < -0.3 is 14.0 Å². The first-order chi connectivity index (χ1) is 23.3. The summed E-state index contributed by atoms with van der Waals surface area (Å²) in [5.41, 5.74) is 8.19. The lowest BCUT2D eigenvalue weighted by Gasteiger charge is -2.13. The highest BCUT2D eigenvalue weighted by atomic mass is 35.5. The molecular weight excluding hydrogens is 682 g/mol. The summed E-state index contributed by atoms with van der Waals surface area (Å²) in [6.07, 6.45) is 3.10. The van der Waals surface area contributed by atoms with Crippen molar-refractivity contribution in [3.63, 3.8) is 0 Å². The van der Waals surface area contributed by atoms with Crippen LogP contribution in [0.25, 0.3) is 32.9 Å². The Bertz CT molecular complexity index is 2190. The highest BCUT2D eigenvalue weighted by molar-refractivity contribution is 7.98. The van der Waals surface area contributed by atoms with Gasteiger partial charge in [-0.2, -0.15) is 5.10 Å². The molecule has 0 unspecified atom stereocenters. The van der Waals surface area contributed by atoms with E-state index in [1.54, 1.807) is 29.3 Å². The molecule has 2 aromatic carbocycles. The van der Waals surface area contributed by atoms with E-state index in [9.17, 15) is 4.79 Å². The predicted octanol–water partition coefficient (Wildman–Crippen LogP) is 9.17. The van der Waals surface area contributed by atoms with Crippen LogP contribution in [0.3, 0.4) is 0 Å². The van der Waals surface area contributed by atoms with E-state index >= 15 is 0 Å². The summed E-state index contributed by atoms with van der Waals surface area (Å²) < 4.78 is 15.8. The monoisotopic (exact) mass is 717 g/mol. The van der Waals surface area contributed by atoms with Crippen LogP contribution in [0.1, 0.15) is 56.4 Å². The Kier molecular flexibility index (Phi) is 9.47. The minimum Gasteiger partial charge on any atom is -0.491 e. The number of halogens is 1. The van der Waals surface area contributed by atoms with Crippen molar-refractivity contribution >= 4 is 74.2 Å². The van der Waals surface area contributed by atoms with Crippen molar-refractivity contribution in [3.05, 3.63) is 85.8 Å². The number of carbonyl (C=O) groups is 1. The number of thioether (sulfide) groups is 2. The van der Waals surface area contributed by atoms with Crippen LogP contribution in [0.2, 0.25) is 5.02 Å². The third kappa shape index (κ3) is 5.99. The fourth-order valence-corrected chi connectivity index (χ4v) is 10.2. The fraction of sp³-hybridized carbons (Fsp3) is 0.333. The van der Waals surface area contributed by atoms with Crippen molar-refractivity contribution in [1.29, 1.82) is 0 Å². The summed E-state index contributed by atoms with van der Waals surface area (Å²) in [5, 5.41) is 8.70. The van der Waals surface area contributed by atoms with Gasteiger partial charge in [-0.1, -0.05) is 23.7 Å². The molecule has 0 aliphatic carbocycles. The maximum absolute atomic E-state index is 13.4. The third-order valence-electron chi connectivity index (χ3n) is 8.81. The number of ether oxygens (including phenoxy) is 2. The summed E-state index contributed by atoms with van der Waals surface area (Å²) in [7, 11) is 3.35. The summed E-state index contributed by atoms with van der Waals surface area (Å²) >= 11 is 12.5. The van der Waals surface area contributed by atoms with E-state index in [-0.39, 0.29) is 5.97 Å². The van der Waals surface area contributed by atoms with Crippen LogP contribution in [0, 0.1) is 13.8 Å². The molecule has 6 aromatic rings. The zero-order valence-corrected chi connectivity index (χ0v) is 30.8. The van der Waals surface area contributed by atoms with E-state index in [0.29, 0.717) is 30.2 Å². The van der Waals surface area contributed by atoms with E-state index in [2.05, 4.69) is 41.7 Å². The predicted molar refractivity (Wildman–Crippen MR) is 198 cm³/mol. The molecule has 0 amide bonds. The van der Waals surface area contributed by atoms with Gasteiger partial charge in [-0.05, 0) is 63.4 Å². The van der Waals surface area contributed by atoms with Gasteiger partial charge in [0.25, 0.3) is 0 Å². The molecule has 0 atom stereocenters. The summed E-state index contributed by atoms with van der Waals surface area (Å²) in [6, 6.07) is 12.3. The van der Waals surface area contributed by atoms with Crippen LogP contribution < -0.4 is 4.74 Å². The summed E-state index contributed by atoms with van der Waals surface area (Å²) in [6.45, 7) is 7.44. The van der Waals surface area contributed by atoms with Gasteiger partial charge in [0.05, 0.1) is 41.3 Å². The molecule has 0 saturated heterocycles. The minimum absolute atomic E-state index is 0.379. The number of thiazole rings is 1. The molecule has 1 aliphatic rings. The lowest BCUT2D eigenvalue weighted by molar-refractivity contribution is 0.0589. The molecule has 48 heavy (non-hydrogen) atoms. The highest BCUT2D eigenvalue weighted by Crippen LogP contribution is 2.43. The van der Waals surface area contributed by atoms with Gasteiger partial charge in [0.2, 0.25) is 0 Å². The number of aromatic nitrogens is 5. The number of benzene rings is 2. The van der Waals surface area contributed by atoms with Gasteiger partial charge in [0.1, 0.15) is 22.0 Å². The lowest BCUT2D eigenvalue weighted by Crippen LogP contribution is -2.11. The number of carbonyl (C=O) groups excluding carboxylic acids is 1. The minimum atomic E-state index is -0.379. The first kappa shape index (κ1) is 33.0. The van der Waals surface area contributed by atoms with Crippen molar-refractivity contribution in [1.82, 2.24) is 24.3 Å². The van der Waals surface area contributed by atoms with Gasteiger partial charge in [0.15, 0.2) is 0 Å². The van der Waals surface area contributed by atoms with Gasteiger partial charge >= 0.3 is 5.97 Å². The van der Waals surface area contributed by atoms with Crippen LogP contribution >= 0.6 is 46.5 Å². The molecule has 8 nitrogen and oxygen atoms in total. The van der Waals surface area contributed by atoms with E-state index in [4.69, 9.17) is 31.2 Å². The SMILES string of the molecule is CCn1nc(C)c2c1CSCc1nc(C)c(s1)CSc1cc(c3ncccc3c1)OCCCc1c(C(=O)OC)n(C)c3c-2c(Cl)ccc13. The molecular formula is C36H36ClN5O3S3. The smallest absolute Gasteiger partial charge is 0.354 e. The molecule has 12 heteroatoms. The van der Waals surface area contributed by atoms with Crippen LogP contribution in [0.15, 0.2) is 47.5 Å². The molecule has 0 radical (unpaired) electrons. The van der Waals surface area contributed by atoms with E-state index in [1.807, 2.05) is 48.5 Å². The molecule has 1 aliphatic heterocycles. The first-order valence-corrected chi connectivity index (χ1v) is 19.2. The average molecular weight is 718 g/mol. The standard InChI is InChI=1S/C36H36ClN5O3S3/c1-6-42-27-17-46-19-30-39-20(2)29(48-30)18-47-23-15-22-9-7-13-38-33(22)28(16-23)45-14-8-10-24-25-11-12-26(37)32(31(27)21(3)40-42)34(25)41(4)35(24)36(43)44-5/h7,9,11-13,15-16H,6,8,10,14,17-19H2,1-5H3. The number of hydrogen-bond donors (Lipinski definition) is 0. The number of hydrogen-bond acceptors (Lipinski definition) is 9. The average Bonchev–Trinajstić information content (AvgIpc) is 3.70. The van der Waals surface area contributed by atoms with Crippen molar-refractivity contribution in [2.24, 2.45) is 7.05 Å². The Morgan fingerprint density at radius 3 is 2.77 bits per heavy atom. The Balaban J connectivity index is 1.38. The lowest BCUT2D eigenvalue weighted by atomic mass is 9.98. The normalized spacial score (nSPS) is 14.1. The number of esters is 1. The Morgan fingerprint density at radius 1 is 1.10 bits per heavy atom. The van der Waals surface area contributed by atoms with Crippen molar-refractivity contribution < 1.29 is 14.3 Å². The molecule has 248 valence electrons. The summed E-state index contributed by atoms with van der Waals surface area (Å²) in [4.78, 5) is 25.4. The number of methoxy groups -OCH3 is 1. The number of pyridine rings is 1. The molecule has 0 fully saturated rings. The van der Waals surface area contributed by atoms with E-state index in [0.717, 1.165) is 95.0 Å². The van der Waals surface area contributed by atoms with Gasteiger partial charge in [-0.25, -0.2) is 9.78 Å².